The standard InChI is InChI=1S/C32H46O40/c1-43-3-23(33)46-14-64-56-5-25(35)48-16-66-58-7-27(37)50-18-68-60-9-29(39)52-20-70-62-11-31(41)54-22-72-63-12-32(42)53-21-71-61-10-30(40)51-19-69-59-8-28(38)49-17-67-57-6-26(36)47-15-65-55-4-24(34)45-13-44-2/h3-22H2,1-2H3. The number of hydrogen-bond donors (Lipinski definition) is 0. The summed E-state index contributed by atoms with van der Waals surface area (Å²) >= 11 is 0. The molecule has 40 heteroatoms. The van der Waals surface area contributed by atoms with Gasteiger partial charge in [0.25, 0.3) is 0 Å². The lowest BCUT2D eigenvalue weighted by Crippen LogP contribution is -2.20. The zero-order valence-corrected chi connectivity index (χ0v) is 37.5. The number of rotatable bonds is 49. The highest BCUT2D eigenvalue weighted by molar-refractivity contribution is 5.73. The lowest BCUT2D eigenvalue weighted by atomic mass is 10.7. The fourth-order valence-corrected chi connectivity index (χ4v) is 2.58. The van der Waals surface area contributed by atoms with Crippen molar-refractivity contribution in [2.45, 2.75) is 0 Å². The third-order valence-corrected chi connectivity index (χ3v) is 5.35. The molecule has 0 aromatic rings. The predicted octanol–water partition coefficient (Wildman–Crippen LogP) is -5.18. The SMILES string of the molecule is COCOC(=O)COOCOC(=O)COOCOC(=O)COOCOC(=O)COOCOC(=O)COOCOC(=O)COOCOC(=O)COOCOC(=O)COOCOC(=O)COOCOC(=O)COC. The van der Waals surface area contributed by atoms with Crippen molar-refractivity contribution in [1.82, 2.24) is 0 Å². The molecule has 40 nitrogen and oxygen atoms in total. The summed E-state index contributed by atoms with van der Waals surface area (Å²) in [6, 6.07) is 0. The Morgan fingerprint density at radius 1 is 0.181 bits per heavy atom. The molecule has 0 amide bonds. The third-order valence-electron chi connectivity index (χ3n) is 5.35. The van der Waals surface area contributed by atoms with E-state index >= 15 is 0 Å². The monoisotopic (exact) mass is 1070 g/mol. The van der Waals surface area contributed by atoms with Crippen LogP contribution < -0.4 is 0 Å². The largest absolute Gasteiger partial charge is 0.437 e. The Hall–Kier alpha value is -6.10. The molecule has 0 aromatic carbocycles. The Bertz CT molecular complexity index is 1520. The molecule has 0 saturated carbocycles. The van der Waals surface area contributed by atoms with E-state index in [1.54, 1.807) is 0 Å². The van der Waals surface area contributed by atoms with Crippen LogP contribution in [-0.2, 0) is 193 Å². The van der Waals surface area contributed by atoms with E-state index in [4.69, 9.17) is 0 Å². The van der Waals surface area contributed by atoms with Gasteiger partial charge in [-0.25, -0.2) is 91.9 Å². The summed E-state index contributed by atoms with van der Waals surface area (Å²) in [5.74, 6) is -9.80. The van der Waals surface area contributed by atoms with Crippen LogP contribution in [0, 0.1) is 0 Å². The lowest BCUT2D eigenvalue weighted by molar-refractivity contribution is -0.350. The molecule has 0 spiro atoms. The molecule has 0 aliphatic carbocycles. The van der Waals surface area contributed by atoms with Gasteiger partial charge in [-0.15, -0.1) is 0 Å². The Morgan fingerprint density at radius 2 is 0.319 bits per heavy atom. The summed E-state index contributed by atoms with van der Waals surface area (Å²) in [6.45, 7) is -14.5. The normalized spacial score (nSPS) is 10.6. The minimum atomic E-state index is -1.06. The predicted molar refractivity (Wildman–Crippen MR) is 192 cm³/mol. The second-order valence-corrected chi connectivity index (χ2v) is 10.5. The minimum Gasteiger partial charge on any atom is -0.437 e. The molecule has 414 valence electrons. The first-order valence-corrected chi connectivity index (χ1v) is 18.6. The first kappa shape index (κ1) is 65.9. The first-order valence-electron chi connectivity index (χ1n) is 18.6. The molecule has 0 aliphatic heterocycles. The van der Waals surface area contributed by atoms with Gasteiger partial charge in [-0.1, -0.05) is 0 Å². The maximum Gasteiger partial charge on any atom is 0.337 e. The molecule has 0 rings (SSSR count). The summed E-state index contributed by atoms with van der Waals surface area (Å²) in [5.41, 5.74) is 0. The minimum absolute atomic E-state index is 0.287. The number of ether oxygens (including phenoxy) is 12. The van der Waals surface area contributed by atoms with E-state index in [9.17, 15) is 47.9 Å². The molecule has 0 bridgehead atoms. The molecule has 0 atom stereocenters. The maximum absolute atomic E-state index is 11.5. The van der Waals surface area contributed by atoms with Crippen molar-refractivity contribution in [2.75, 3.05) is 148 Å². The highest BCUT2D eigenvalue weighted by atomic mass is 17.3. The van der Waals surface area contributed by atoms with Gasteiger partial charge in [0.15, 0.2) is 66.3 Å². The molecule has 0 fully saturated rings. The second-order valence-electron chi connectivity index (χ2n) is 10.5. The Labute approximate surface area is 400 Å². The van der Waals surface area contributed by atoms with Crippen LogP contribution in [0.25, 0.3) is 0 Å². The van der Waals surface area contributed by atoms with Crippen molar-refractivity contribution >= 4 is 59.7 Å². The molecular weight excluding hydrogens is 1020 g/mol. The average molecular weight is 1070 g/mol. The van der Waals surface area contributed by atoms with Crippen LogP contribution in [0.15, 0.2) is 0 Å². The molecule has 0 aliphatic rings. The quantitative estimate of drug-likeness (QED) is 0.0137. The lowest BCUT2D eigenvalue weighted by Gasteiger charge is -2.08. The van der Waals surface area contributed by atoms with Crippen molar-refractivity contribution in [2.24, 2.45) is 0 Å². The van der Waals surface area contributed by atoms with E-state index in [0.29, 0.717) is 0 Å². The summed E-state index contributed by atoms with van der Waals surface area (Å²) in [4.78, 5) is 193. The Kier molecular flexibility index (Phi) is 44.4. The van der Waals surface area contributed by atoms with E-state index in [-0.39, 0.29) is 13.4 Å². The zero-order chi connectivity index (χ0) is 53.1. The number of esters is 10. The van der Waals surface area contributed by atoms with Crippen molar-refractivity contribution in [3.63, 3.8) is 0 Å². The van der Waals surface area contributed by atoms with Gasteiger partial charge in [0, 0.05) is 14.2 Å². The van der Waals surface area contributed by atoms with Crippen molar-refractivity contribution in [1.29, 1.82) is 0 Å². The van der Waals surface area contributed by atoms with Crippen LogP contribution >= 0.6 is 0 Å². The summed E-state index contributed by atoms with van der Waals surface area (Å²) in [7, 11) is 2.58. The maximum atomic E-state index is 11.5. The van der Waals surface area contributed by atoms with Crippen LogP contribution in [0.2, 0.25) is 0 Å². The number of carbonyl (C=O) groups excluding carboxylic acids is 10. The van der Waals surface area contributed by atoms with E-state index in [1.165, 1.54) is 14.2 Å². The van der Waals surface area contributed by atoms with Gasteiger partial charge in [0.2, 0.25) is 61.1 Å². The summed E-state index contributed by atoms with van der Waals surface area (Å²) in [6.07, 6.45) is 0. The van der Waals surface area contributed by atoms with E-state index in [1.807, 2.05) is 0 Å². The van der Waals surface area contributed by atoms with Gasteiger partial charge < -0.3 is 56.8 Å². The van der Waals surface area contributed by atoms with Crippen molar-refractivity contribution in [3.8, 4) is 0 Å². The van der Waals surface area contributed by atoms with Crippen LogP contribution in [0.5, 0.6) is 0 Å². The molecular formula is C32H46O40. The highest BCUT2D eigenvalue weighted by Gasteiger charge is 2.13. The molecule has 0 aromatic heterocycles. The fraction of sp³-hybridized carbons (Fsp3) is 0.688. The fourth-order valence-electron chi connectivity index (χ4n) is 2.58. The van der Waals surface area contributed by atoms with Crippen LogP contribution in [0.1, 0.15) is 0 Å². The summed E-state index contributed by atoms with van der Waals surface area (Å²) < 4.78 is 54.0. The summed E-state index contributed by atoms with van der Waals surface area (Å²) in [5, 5.41) is 0. The van der Waals surface area contributed by atoms with E-state index in [0.717, 1.165) is 0 Å². The molecule has 0 unspecified atom stereocenters. The van der Waals surface area contributed by atoms with Gasteiger partial charge >= 0.3 is 59.7 Å². The van der Waals surface area contributed by atoms with Crippen LogP contribution in [-0.4, -0.2) is 208 Å². The van der Waals surface area contributed by atoms with Gasteiger partial charge in [0.05, 0.1) is 0 Å². The van der Waals surface area contributed by atoms with Gasteiger partial charge in [-0.3, -0.25) is 0 Å². The van der Waals surface area contributed by atoms with Crippen LogP contribution in [0.3, 0.4) is 0 Å². The van der Waals surface area contributed by atoms with Gasteiger partial charge in [-0.05, 0) is 0 Å². The third kappa shape index (κ3) is 47.6. The first-order chi connectivity index (χ1) is 34.9. The van der Waals surface area contributed by atoms with Crippen molar-refractivity contribution < 1.29 is 193 Å². The number of methoxy groups -OCH3 is 2. The Morgan fingerprint density at radius 3 is 0.458 bits per heavy atom. The molecule has 0 radical (unpaired) electrons. The topological polar surface area (TPSA) is 448 Å². The second kappa shape index (κ2) is 48.5. The molecule has 0 N–H and O–H groups in total. The average Bonchev–Trinajstić information content (AvgIpc) is 3.34. The number of carbonyl (C=O) groups is 10. The van der Waals surface area contributed by atoms with E-state index < -0.39 is 180 Å². The molecule has 0 saturated heterocycles. The van der Waals surface area contributed by atoms with Crippen molar-refractivity contribution in [3.05, 3.63) is 0 Å². The van der Waals surface area contributed by atoms with Gasteiger partial charge in [-0.2, -0.15) is 44.0 Å². The highest BCUT2D eigenvalue weighted by Crippen LogP contribution is 1.95. The van der Waals surface area contributed by atoms with Gasteiger partial charge in [0.1, 0.15) is 6.61 Å². The van der Waals surface area contributed by atoms with E-state index in [2.05, 4.69) is 145 Å². The zero-order valence-electron chi connectivity index (χ0n) is 37.5. The smallest absolute Gasteiger partial charge is 0.337 e. The molecule has 0 heterocycles. The Balaban J connectivity index is 3.56. The number of hydrogen-bond acceptors (Lipinski definition) is 40. The van der Waals surface area contributed by atoms with Crippen LogP contribution in [0.4, 0.5) is 0 Å². The molecule has 72 heavy (non-hydrogen) atoms.